The lowest BCUT2D eigenvalue weighted by Gasteiger charge is -2.21. The Morgan fingerprint density at radius 2 is 1.73 bits per heavy atom. The van der Waals surface area contributed by atoms with Crippen LogP contribution in [0, 0.1) is 0 Å². The molecule has 0 aromatic heterocycles. The molecule has 0 heterocycles. The van der Waals surface area contributed by atoms with Gasteiger partial charge in [0, 0.05) is 26.2 Å². The largest absolute Gasteiger partial charge is 0.378 e. The lowest BCUT2D eigenvalue weighted by atomic mass is 10.3. The first-order chi connectivity index (χ1) is 7.11. The number of nitrogens with zero attached hydrogens (tertiary/aromatic N) is 2. The van der Waals surface area contributed by atoms with Gasteiger partial charge in [-0.1, -0.05) is 0 Å². The summed E-state index contributed by atoms with van der Waals surface area (Å²) in [6.07, 6.45) is 1.58. The van der Waals surface area contributed by atoms with Crippen LogP contribution in [0.25, 0.3) is 0 Å². The Balaban J connectivity index is 3.44. The smallest absolute Gasteiger partial charge is 0.210 e. The van der Waals surface area contributed by atoms with Crippen molar-refractivity contribution in [2.75, 3.05) is 33.4 Å². The fourth-order valence-electron chi connectivity index (χ4n) is 0.966. The Morgan fingerprint density at radius 3 is 2.20 bits per heavy atom. The molecule has 0 aliphatic heterocycles. The first kappa shape index (κ1) is 13.9. The topological polar surface area (TPSA) is 49.9 Å². The number of carbonyl (C=O) groups is 2. The second kappa shape index (κ2) is 8.23. The Labute approximate surface area is 91.0 Å². The molecule has 5 heteroatoms. The van der Waals surface area contributed by atoms with Crippen molar-refractivity contribution in [3.8, 4) is 0 Å². The van der Waals surface area contributed by atoms with Gasteiger partial charge < -0.3 is 14.5 Å². The molecule has 0 N–H and O–H groups in total. The highest BCUT2D eigenvalue weighted by Crippen LogP contribution is 1.93. The average Bonchev–Trinajstić information content (AvgIpc) is 2.22. The third-order valence-electron chi connectivity index (χ3n) is 2.06. The lowest BCUT2D eigenvalue weighted by Crippen LogP contribution is -2.33. The van der Waals surface area contributed by atoms with E-state index in [1.54, 1.807) is 11.9 Å². The van der Waals surface area contributed by atoms with Gasteiger partial charge in [-0.25, -0.2) is 0 Å². The van der Waals surface area contributed by atoms with E-state index in [9.17, 15) is 9.59 Å². The minimum Gasteiger partial charge on any atom is -0.378 e. The first-order valence-electron chi connectivity index (χ1n) is 5.06. The summed E-state index contributed by atoms with van der Waals surface area (Å²) in [4.78, 5) is 24.0. The van der Waals surface area contributed by atoms with Crippen molar-refractivity contribution in [3.05, 3.63) is 0 Å². The molecule has 0 aromatic carbocycles. The summed E-state index contributed by atoms with van der Waals surface area (Å²) in [6.45, 7) is 6.07. The number of carbonyl (C=O) groups excluding carboxylic acids is 2. The number of hydrogen-bond acceptors (Lipinski definition) is 3. The molecule has 0 aliphatic carbocycles. The Bertz CT molecular complexity index is 186. The summed E-state index contributed by atoms with van der Waals surface area (Å²) in [6, 6.07) is 0.198. The SMILES string of the molecule is CC(C)N(C=O)CCOCCN(C)C=O. The summed E-state index contributed by atoms with van der Waals surface area (Å²) >= 11 is 0. The Hall–Kier alpha value is -1.10. The van der Waals surface area contributed by atoms with Crippen LogP contribution in [0.1, 0.15) is 13.8 Å². The molecule has 0 fully saturated rings. The molecule has 0 saturated carbocycles. The van der Waals surface area contributed by atoms with E-state index in [1.165, 1.54) is 4.90 Å². The predicted octanol–water partition coefficient (Wildman–Crippen LogP) is -0.0420. The van der Waals surface area contributed by atoms with E-state index in [-0.39, 0.29) is 6.04 Å². The summed E-state index contributed by atoms with van der Waals surface area (Å²) in [5.74, 6) is 0. The molecule has 0 rings (SSSR count). The highest BCUT2D eigenvalue weighted by molar-refractivity contribution is 5.47. The molecule has 0 atom stereocenters. The predicted molar refractivity (Wildman–Crippen MR) is 57.4 cm³/mol. The zero-order valence-electron chi connectivity index (χ0n) is 9.68. The maximum absolute atomic E-state index is 10.6. The molecule has 0 aliphatic rings. The molecular weight excluding hydrogens is 196 g/mol. The monoisotopic (exact) mass is 216 g/mol. The van der Waals surface area contributed by atoms with E-state index >= 15 is 0 Å². The first-order valence-corrected chi connectivity index (χ1v) is 5.06. The highest BCUT2D eigenvalue weighted by Gasteiger charge is 2.05. The van der Waals surface area contributed by atoms with Crippen LogP contribution in [-0.4, -0.2) is 62.0 Å². The number of ether oxygens (including phenoxy) is 1. The van der Waals surface area contributed by atoms with Gasteiger partial charge in [0.2, 0.25) is 12.8 Å². The van der Waals surface area contributed by atoms with E-state index in [0.717, 1.165) is 12.8 Å². The van der Waals surface area contributed by atoms with Crippen LogP contribution in [0.3, 0.4) is 0 Å². The van der Waals surface area contributed by atoms with Crippen LogP contribution < -0.4 is 0 Å². The number of likely N-dealkylation sites (N-methyl/N-ethyl adjacent to an activating group) is 1. The van der Waals surface area contributed by atoms with Crippen LogP contribution in [0.2, 0.25) is 0 Å². The quantitative estimate of drug-likeness (QED) is 0.401. The summed E-state index contributed by atoms with van der Waals surface area (Å²) in [5.41, 5.74) is 0. The normalized spacial score (nSPS) is 10.1. The van der Waals surface area contributed by atoms with Gasteiger partial charge >= 0.3 is 0 Å². The molecule has 0 spiro atoms. The highest BCUT2D eigenvalue weighted by atomic mass is 16.5. The zero-order valence-corrected chi connectivity index (χ0v) is 9.68. The maximum atomic E-state index is 10.6. The van der Waals surface area contributed by atoms with Crippen molar-refractivity contribution in [3.63, 3.8) is 0 Å². The van der Waals surface area contributed by atoms with Gasteiger partial charge in [0.05, 0.1) is 13.2 Å². The number of amides is 2. The Morgan fingerprint density at radius 1 is 1.13 bits per heavy atom. The Kier molecular flexibility index (Phi) is 7.62. The van der Waals surface area contributed by atoms with Gasteiger partial charge in [-0.2, -0.15) is 0 Å². The van der Waals surface area contributed by atoms with Gasteiger partial charge in [0.15, 0.2) is 0 Å². The second-order valence-corrected chi connectivity index (χ2v) is 3.64. The van der Waals surface area contributed by atoms with Crippen molar-refractivity contribution in [2.45, 2.75) is 19.9 Å². The van der Waals surface area contributed by atoms with Crippen LogP contribution in [0.4, 0.5) is 0 Å². The van der Waals surface area contributed by atoms with E-state index in [4.69, 9.17) is 4.74 Å². The number of hydrogen-bond donors (Lipinski definition) is 0. The molecular formula is C10H20N2O3. The molecule has 88 valence electrons. The van der Waals surface area contributed by atoms with Crippen molar-refractivity contribution < 1.29 is 14.3 Å². The van der Waals surface area contributed by atoms with Crippen molar-refractivity contribution >= 4 is 12.8 Å². The molecule has 2 amide bonds. The van der Waals surface area contributed by atoms with Crippen molar-refractivity contribution in [1.29, 1.82) is 0 Å². The molecule has 0 bridgehead atoms. The fourth-order valence-corrected chi connectivity index (χ4v) is 0.966. The fraction of sp³-hybridized carbons (Fsp3) is 0.800. The van der Waals surface area contributed by atoms with Crippen molar-refractivity contribution in [2.24, 2.45) is 0 Å². The maximum Gasteiger partial charge on any atom is 0.210 e. The minimum absolute atomic E-state index is 0.198. The van der Waals surface area contributed by atoms with Gasteiger partial charge in [-0.3, -0.25) is 9.59 Å². The van der Waals surface area contributed by atoms with Gasteiger partial charge in [0.1, 0.15) is 0 Å². The number of rotatable bonds is 9. The average molecular weight is 216 g/mol. The second-order valence-electron chi connectivity index (χ2n) is 3.64. The third kappa shape index (κ3) is 6.90. The third-order valence-corrected chi connectivity index (χ3v) is 2.06. The molecule has 0 saturated heterocycles. The molecule has 15 heavy (non-hydrogen) atoms. The van der Waals surface area contributed by atoms with Gasteiger partial charge in [-0.05, 0) is 13.8 Å². The molecule has 0 aromatic rings. The van der Waals surface area contributed by atoms with Crippen molar-refractivity contribution in [1.82, 2.24) is 9.80 Å². The van der Waals surface area contributed by atoms with E-state index in [2.05, 4.69) is 0 Å². The lowest BCUT2D eigenvalue weighted by molar-refractivity contribution is -0.120. The standard InChI is InChI=1S/C10H20N2O3/c1-10(2)12(9-14)5-7-15-6-4-11(3)8-13/h8-10H,4-7H2,1-3H3. The molecule has 0 unspecified atom stereocenters. The van der Waals surface area contributed by atoms with E-state index in [0.29, 0.717) is 26.3 Å². The minimum atomic E-state index is 0.198. The van der Waals surface area contributed by atoms with Gasteiger partial charge in [0.25, 0.3) is 0 Å². The van der Waals surface area contributed by atoms with Gasteiger partial charge in [-0.15, -0.1) is 0 Å². The summed E-state index contributed by atoms with van der Waals surface area (Å²) in [5, 5.41) is 0. The van der Waals surface area contributed by atoms with E-state index in [1.807, 2.05) is 13.8 Å². The van der Waals surface area contributed by atoms with Crippen LogP contribution in [0.15, 0.2) is 0 Å². The zero-order chi connectivity index (χ0) is 11.7. The van der Waals surface area contributed by atoms with Crippen LogP contribution in [-0.2, 0) is 14.3 Å². The molecule has 0 radical (unpaired) electrons. The van der Waals surface area contributed by atoms with E-state index < -0.39 is 0 Å². The van der Waals surface area contributed by atoms with Crippen LogP contribution >= 0.6 is 0 Å². The van der Waals surface area contributed by atoms with Crippen LogP contribution in [0.5, 0.6) is 0 Å². The molecule has 5 nitrogen and oxygen atoms in total. The summed E-state index contributed by atoms with van der Waals surface area (Å²) < 4.78 is 5.29. The summed E-state index contributed by atoms with van der Waals surface area (Å²) in [7, 11) is 1.70.